The van der Waals surface area contributed by atoms with E-state index in [-0.39, 0.29) is 11.4 Å². The van der Waals surface area contributed by atoms with E-state index in [9.17, 15) is 15.2 Å². The normalized spacial score (nSPS) is 9.83. The summed E-state index contributed by atoms with van der Waals surface area (Å²) in [5, 5.41) is 19.6. The molecule has 1 aromatic carbocycles. The van der Waals surface area contributed by atoms with Gasteiger partial charge in [0.05, 0.1) is 4.92 Å². The number of halogens is 1. The van der Waals surface area contributed by atoms with Gasteiger partial charge in [0, 0.05) is 9.64 Å². The van der Waals surface area contributed by atoms with Crippen LogP contribution in [0, 0.1) is 20.6 Å². The zero-order chi connectivity index (χ0) is 9.30. The van der Waals surface area contributed by atoms with Gasteiger partial charge in [0.1, 0.15) is 0 Å². The molecule has 12 heavy (non-hydrogen) atoms. The Morgan fingerprint density at radius 1 is 1.58 bits per heavy atom. The molecule has 0 aromatic heterocycles. The zero-order valence-electron chi connectivity index (χ0n) is 6.24. The second-order valence-corrected chi connectivity index (χ2v) is 3.59. The van der Waals surface area contributed by atoms with Gasteiger partial charge in [-0.05, 0) is 41.1 Å². The third-order valence-electron chi connectivity index (χ3n) is 1.44. The van der Waals surface area contributed by atoms with Gasteiger partial charge in [-0.2, -0.15) is 0 Å². The number of hydrogen-bond donors (Lipinski definition) is 1. The van der Waals surface area contributed by atoms with E-state index in [1.165, 1.54) is 6.07 Å². The number of nitro groups is 1. The van der Waals surface area contributed by atoms with Crippen molar-refractivity contribution in [1.29, 1.82) is 0 Å². The summed E-state index contributed by atoms with van der Waals surface area (Å²) in [5.74, 6) is -0.250. The molecule has 0 bridgehead atoms. The van der Waals surface area contributed by atoms with E-state index in [2.05, 4.69) is 0 Å². The number of phenols is 1. The van der Waals surface area contributed by atoms with Crippen molar-refractivity contribution in [1.82, 2.24) is 0 Å². The zero-order valence-corrected chi connectivity index (χ0v) is 8.40. The van der Waals surface area contributed by atoms with Gasteiger partial charge >= 0.3 is 5.69 Å². The predicted molar refractivity (Wildman–Crippen MR) is 52.2 cm³/mol. The Kier molecular flexibility index (Phi) is 2.51. The minimum absolute atomic E-state index is 0.237. The lowest BCUT2D eigenvalue weighted by Gasteiger charge is -1.99. The summed E-state index contributed by atoms with van der Waals surface area (Å²) in [4.78, 5) is 9.78. The third-order valence-corrected chi connectivity index (χ3v) is 2.06. The van der Waals surface area contributed by atoms with Crippen LogP contribution in [0.5, 0.6) is 5.75 Å². The van der Waals surface area contributed by atoms with Crippen molar-refractivity contribution in [2.75, 3.05) is 0 Å². The summed E-state index contributed by atoms with van der Waals surface area (Å²) in [7, 11) is 0. The largest absolute Gasteiger partial charge is 0.502 e. The quantitative estimate of drug-likeness (QED) is 0.487. The lowest BCUT2D eigenvalue weighted by Crippen LogP contribution is -1.91. The number of aromatic hydroxyl groups is 1. The van der Waals surface area contributed by atoms with Crippen molar-refractivity contribution >= 4 is 28.3 Å². The van der Waals surface area contributed by atoms with Crippen molar-refractivity contribution in [2.45, 2.75) is 6.92 Å². The molecule has 0 saturated carbocycles. The van der Waals surface area contributed by atoms with E-state index >= 15 is 0 Å². The van der Waals surface area contributed by atoms with Gasteiger partial charge < -0.3 is 5.11 Å². The minimum Gasteiger partial charge on any atom is -0.502 e. The number of benzene rings is 1. The number of nitrogens with zero attached hydrogens (tertiary/aromatic N) is 1. The first-order chi connectivity index (χ1) is 5.52. The Balaban J connectivity index is 3.37. The predicted octanol–water partition coefficient (Wildman–Crippen LogP) is 2.21. The van der Waals surface area contributed by atoms with E-state index in [1.807, 2.05) is 22.6 Å². The molecule has 0 amide bonds. The Labute approximate surface area is 82.5 Å². The van der Waals surface area contributed by atoms with E-state index in [0.717, 1.165) is 3.57 Å². The monoisotopic (exact) mass is 279 g/mol. The summed E-state index contributed by atoms with van der Waals surface area (Å²) < 4.78 is 0.745. The molecular weight excluding hydrogens is 273 g/mol. The molecule has 0 spiro atoms. The van der Waals surface area contributed by atoms with Crippen LogP contribution in [-0.4, -0.2) is 10.0 Å². The minimum atomic E-state index is -0.593. The van der Waals surface area contributed by atoms with Crippen LogP contribution in [0.1, 0.15) is 5.56 Å². The maximum absolute atomic E-state index is 10.4. The summed E-state index contributed by atoms with van der Waals surface area (Å²) in [6.07, 6.45) is 0. The van der Waals surface area contributed by atoms with Crippen molar-refractivity contribution in [2.24, 2.45) is 0 Å². The molecule has 1 N–H and O–H groups in total. The van der Waals surface area contributed by atoms with Gasteiger partial charge in [-0.1, -0.05) is 0 Å². The van der Waals surface area contributed by atoms with E-state index < -0.39 is 4.92 Å². The van der Waals surface area contributed by atoms with Crippen molar-refractivity contribution in [3.05, 3.63) is 31.4 Å². The van der Waals surface area contributed by atoms with Gasteiger partial charge in [0.25, 0.3) is 0 Å². The average molecular weight is 279 g/mol. The van der Waals surface area contributed by atoms with Crippen LogP contribution >= 0.6 is 22.6 Å². The molecule has 0 fully saturated rings. The first-order valence-electron chi connectivity index (χ1n) is 3.16. The van der Waals surface area contributed by atoms with Crippen molar-refractivity contribution in [3.63, 3.8) is 0 Å². The number of phenolic OH excluding ortho intramolecular Hbond substituents is 1. The molecule has 0 aliphatic heterocycles. The maximum atomic E-state index is 10.4. The second kappa shape index (κ2) is 3.26. The highest BCUT2D eigenvalue weighted by molar-refractivity contribution is 14.1. The van der Waals surface area contributed by atoms with Crippen LogP contribution < -0.4 is 0 Å². The highest BCUT2D eigenvalue weighted by Crippen LogP contribution is 2.30. The Bertz CT molecular complexity index is 338. The molecule has 64 valence electrons. The Morgan fingerprint density at radius 2 is 2.17 bits per heavy atom. The summed E-state index contributed by atoms with van der Waals surface area (Å²) in [6.45, 7) is 1.63. The lowest BCUT2D eigenvalue weighted by molar-refractivity contribution is -0.386. The number of hydrogen-bond acceptors (Lipinski definition) is 3. The fourth-order valence-electron chi connectivity index (χ4n) is 0.857. The summed E-state index contributed by atoms with van der Waals surface area (Å²) >= 11 is 1.97. The van der Waals surface area contributed by atoms with Crippen LogP contribution in [0.15, 0.2) is 12.1 Å². The summed E-state index contributed by atoms with van der Waals surface area (Å²) in [5.41, 5.74) is 0.285. The lowest BCUT2D eigenvalue weighted by atomic mass is 10.2. The molecule has 4 nitrogen and oxygen atoms in total. The molecule has 0 heterocycles. The van der Waals surface area contributed by atoms with E-state index in [0.29, 0.717) is 5.56 Å². The molecule has 0 aliphatic carbocycles. The molecule has 1 aromatic rings. The molecule has 5 heteroatoms. The fraction of sp³-hybridized carbons (Fsp3) is 0.143. The van der Waals surface area contributed by atoms with Crippen molar-refractivity contribution in [3.8, 4) is 5.75 Å². The van der Waals surface area contributed by atoms with E-state index in [4.69, 9.17) is 0 Å². The third kappa shape index (κ3) is 1.66. The number of aryl methyl sites for hydroxylation is 1. The van der Waals surface area contributed by atoms with Crippen LogP contribution in [-0.2, 0) is 0 Å². The molecule has 0 saturated heterocycles. The maximum Gasteiger partial charge on any atom is 0.312 e. The highest BCUT2D eigenvalue weighted by atomic mass is 127. The van der Waals surface area contributed by atoms with Crippen LogP contribution in [0.3, 0.4) is 0 Å². The van der Waals surface area contributed by atoms with Gasteiger partial charge in [-0.15, -0.1) is 0 Å². The van der Waals surface area contributed by atoms with Crippen LogP contribution in [0.25, 0.3) is 0 Å². The Morgan fingerprint density at radius 3 is 2.67 bits per heavy atom. The standard InChI is InChI=1S/C7H6INO3/c1-4-2-5(8)3-6(7(4)10)9(11)12/h2-3,10H,1H3. The van der Waals surface area contributed by atoms with Gasteiger partial charge in [0.2, 0.25) is 0 Å². The fourth-order valence-corrected chi connectivity index (χ4v) is 1.62. The van der Waals surface area contributed by atoms with Crippen LogP contribution in [0.4, 0.5) is 5.69 Å². The second-order valence-electron chi connectivity index (χ2n) is 2.35. The molecular formula is C7H6INO3. The Hall–Kier alpha value is -0.850. The molecule has 0 unspecified atom stereocenters. The first-order valence-corrected chi connectivity index (χ1v) is 4.23. The topological polar surface area (TPSA) is 63.4 Å². The van der Waals surface area contributed by atoms with E-state index in [1.54, 1.807) is 13.0 Å². The smallest absolute Gasteiger partial charge is 0.312 e. The van der Waals surface area contributed by atoms with Crippen LogP contribution in [0.2, 0.25) is 0 Å². The van der Waals surface area contributed by atoms with Gasteiger partial charge in [-0.3, -0.25) is 10.1 Å². The molecule has 0 radical (unpaired) electrons. The SMILES string of the molecule is Cc1cc(I)cc([N+](=O)[O-])c1O. The van der Waals surface area contributed by atoms with Gasteiger partial charge in [-0.25, -0.2) is 0 Å². The van der Waals surface area contributed by atoms with Crippen molar-refractivity contribution < 1.29 is 10.0 Å². The van der Waals surface area contributed by atoms with Gasteiger partial charge in [0.15, 0.2) is 5.75 Å². The first kappa shape index (κ1) is 9.24. The highest BCUT2D eigenvalue weighted by Gasteiger charge is 2.15. The summed E-state index contributed by atoms with van der Waals surface area (Å²) in [6, 6.07) is 3.02. The number of rotatable bonds is 1. The molecule has 0 aliphatic rings. The average Bonchev–Trinajstić information content (AvgIpc) is 1.96. The molecule has 0 atom stereocenters. The number of nitro benzene ring substituents is 1. The molecule has 1 rings (SSSR count).